The molecule has 27 heavy (non-hydrogen) atoms. The van der Waals surface area contributed by atoms with Gasteiger partial charge in [0.1, 0.15) is 18.0 Å². The number of rotatable bonds is 3. The first kappa shape index (κ1) is 16.1. The van der Waals surface area contributed by atoms with Crippen molar-refractivity contribution in [2.45, 2.75) is 19.4 Å². The van der Waals surface area contributed by atoms with Gasteiger partial charge in [-0.05, 0) is 45.8 Å². The lowest BCUT2D eigenvalue weighted by atomic mass is 9.93. The Hall–Kier alpha value is -3.14. The van der Waals surface area contributed by atoms with Crippen LogP contribution in [0.15, 0.2) is 42.6 Å². The van der Waals surface area contributed by atoms with Crippen LogP contribution >= 0.6 is 0 Å². The Labute approximate surface area is 156 Å². The Morgan fingerprint density at radius 1 is 0.889 bits per heavy atom. The second kappa shape index (κ2) is 5.95. The Morgan fingerprint density at radius 3 is 2.44 bits per heavy atom. The van der Waals surface area contributed by atoms with E-state index in [1.807, 2.05) is 18.2 Å². The molecule has 2 heterocycles. The maximum Gasteiger partial charge on any atom is 0.182 e. The predicted octanol–water partition coefficient (Wildman–Crippen LogP) is 4.21. The fourth-order valence-electron chi connectivity index (χ4n) is 4.35. The van der Waals surface area contributed by atoms with Crippen LogP contribution in [0.1, 0.15) is 22.5 Å². The summed E-state index contributed by atoms with van der Waals surface area (Å²) in [4.78, 5) is 11.6. The van der Waals surface area contributed by atoms with Gasteiger partial charge >= 0.3 is 0 Å². The summed E-state index contributed by atoms with van der Waals surface area (Å²) >= 11 is 0. The van der Waals surface area contributed by atoms with E-state index in [0.717, 1.165) is 41.2 Å². The van der Waals surface area contributed by atoms with Gasteiger partial charge in [0.05, 0.1) is 25.2 Å². The van der Waals surface area contributed by atoms with Crippen LogP contribution in [0.3, 0.4) is 0 Å². The molecule has 0 fully saturated rings. The summed E-state index contributed by atoms with van der Waals surface area (Å²) in [6, 6.07) is 12.4. The van der Waals surface area contributed by atoms with Crippen molar-refractivity contribution in [2.75, 3.05) is 14.2 Å². The van der Waals surface area contributed by atoms with Gasteiger partial charge in [-0.15, -0.1) is 0 Å². The largest absolute Gasteiger partial charge is 0.497 e. The van der Waals surface area contributed by atoms with Crippen molar-refractivity contribution in [1.82, 2.24) is 0 Å². The molecule has 1 aromatic heterocycles. The number of fused-ring (bicyclic) bond motifs is 7. The zero-order valence-corrected chi connectivity index (χ0v) is 15.4. The van der Waals surface area contributed by atoms with Gasteiger partial charge in [-0.2, -0.15) is 0 Å². The number of methoxy groups -OCH3 is 2. The summed E-state index contributed by atoms with van der Waals surface area (Å²) in [6.45, 7) is 1.05. The second-order valence-electron chi connectivity index (χ2n) is 7.06. The highest BCUT2D eigenvalue weighted by Gasteiger charge is 2.22. The molecular formula is C23H20NO3+. The van der Waals surface area contributed by atoms with Gasteiger partial charge < -0.3 is 9.47 Å². The van der Waals surface area contributed by atoms with Crippen LogP contribution in [0.5, 0.6) is 11.5 Å². The van der Waals surface area contributed by atoms with Crippen LogP contribution in [0.2, 0.25) is 0 Å². The summed E-state index contributed by atoms with van der Waals surface area (Å²) in [5.74, 6) is 1.41. The van der Waals surface area contributed by atoms with E-state index >= 15 is 0 Å². The van der Waals surface area contributed by atoms with E-state index in [0.29, 0.717) is 11.3 Å². The van der Waals surface area contributed by atoms with Crippen molar-refractivity contribution >= 4 is 38.6 Å². The van der Waals surface area contributed by atoms with Crippen molar-refractivity contribution in [3.63, 3.8) is 0 Å². The minimum atomic E-state index is 0.569. The average molecular weight is 358 g/mol. The van der Waals surface area contributed by atoms with Crippen LogP contribution < -0.4 is 14.0 Å². The zero-order valence-electron chi connectivity index (χ0n) is 15.4. The van der Waals surface area contributed by atoms with Crippen LogP contribution in [0.4, 0.5) is 0 Å². The number of carbonyl (C=O) groups excluding carboxylic acids is 1. The minimum absolute atomic E-state index is 0.569. The summed E-state index contributed by atoms with van der Waals surface area (Å²) in [5.41, 5.74) is 1.93. The maximum absolute atomic E-state index is 11.6. The van der Waals surface area contributed by atoms with Crippen LogP contribution in [-0.4, -0.2) is 20.5 Å². The third kappa shape index (κ3) is 2.29. The number of hydrogen-bond acceptors (Lipinski definition) is 3. The summed E-state index contributed by atoms with van der Waals surface area (Å²) in [5, 5.41) is 6.81. The zero-order chi connectivity index (χ0) is 18.5. The highest BCUT2D eigenvalue weighted by atomic mass is 16.5. The molecule has 4 nitrogen and oxygen atoms in total. The van der Waals surface area contributed by atoms with Gasteiger partial charge in [-0.25, -0.2) is 4.57 Å². The molecule has 3 aromatic carbocycles. The number of pyridine rings is 1. The smallest absolute Gasteiger partial charge is 0.182 e. The lowest BCUT2D eigenvalue weighted by molar-refractivity contribution is -0.689. The van der Waals surface area contributed by atoms with E-state index in [9.17, 15) is 4.79 Å². The number of benzene rings is 3. The van der Waals surface area contributed by atoms with Crippen LogP contribution in [0, 0.1) is 0 Å². The Kier molecular flexibility index (Phi) is 3.54. The van der Waals surface area contributed by atoms with E-state index < -0.39 is 0 Å². The SMILES string of the molecule is COc1ccc2c(c1)c1cc(OC)c(C=O)cc1c1c[n+]3c(cc21)CCC3. The van der Waals surface area contributed by atoms with E-state index in [2.05, 4.69) is 29.0 Å². The lowest BCUT2D eigenvalue weighted by Gasteiger charge is -2.13. The fourth-order valence-corrected chi connectivity index (χ4v) is 4.35. The number of aromatic nitrogens is 1. The highest BCUT2D eigenvalue weighted by molar-refractivity contribution is 6.26. The van der Waals surface area contributed by atoms with Crippen molar-refractivity contribution < 1.29 is 18.8 Å². The molecule has 0 saturated carbocycles. The molecule has 0 atom stereocenters. The molecule has 0 N–H and O–H groups in total. The standard InChI is InChI=1S/C23H20NO3/c1-26-16-5-6-17-19-9-15-4-3-7-24(15)12-22(19)18-8-14(13-25)23(27-2)11-21(18)20(17)10-16/h5-6,8-13H,3-4,7H2,1-2H3/q+1. The molecule has 134 valence electrons. The topological polar surface area (TPSA) is 39.4 Å². The molecule has 5 rings (SSSR count). The van der Waals surface area contributed by atoms with Crippen molar-refractivity contribution in [3.8, 4) is 11.5 Å². The average Bonchev–Trinajstić information content (AvgIpc) is 3.18. The quantitative estimate of drug-likeness (QED) is 0.313. The summed E-state index contributed by atoms with van der Waals surface area (Å²) in [7, 11) is 3.28. The first-order valence-electron chi connectivity index (χ1n) is 9.16. The molecule has 0 amide bonds. The van der Waals surface area contributed by atoms with E-state index in [1.54, 1.807) is 14.2 Å². The summed E-state index contributed by atoms with van der Waals surface area (Å²) in [6.07, 6.45) is 5.38. The van der Waals surface area contributed by atoms with Gasteiger partial charge in [-0.1, -0.05) is 6.07 Å². The molecule has 0 bridgehead atoms. The van der Waals surface area contributed by atoms with Gasteiger partial charge in [0.15, 0.2) is 18.2 Å². The predicted molar refractivity (Wildman–Crippen MR) is 106 cm³/mol. The molecule has 0 saturated heterocycles. The van der Waals surface area contributed by atoms with E-state index in [-0.39, 0.29) is 0 Å². The Bertz CT molecular complexity index is 1240. The van der Waals surface area contributed by atoms with Crippen LogP contribution in [0.25, 0.3) is 32.3 Å². The minimum Gasteiger partial charge on any atom is -0.497 e. The second-order valence-corrected chi connectivity index (χ2v) is 7.06. The molecule has 0 radical (unpaired) electrons. The van der Waals surface area contributed by atoms with E-state index in [1.165, 1.54) is 28.3 Å². The molecule has 1 aliphatic heterocycles. The van der Waals surface area contributed by atoms with E-state index in [4.69, 9.17) is 9.47 Å². The number of aldehydes is 1. The molecule has 0 aliphatic carbocycles. The molecule has 1 aliphatic rings. The van der Waals surface area contributed by atoms with Crippen molar-refractivity contribution in [1.29, 1.82) is 0 Å². The van der Waals surface area contributed by atoms with Crippen LogP contribution in [-0.2, 0) is 13.0 Å². The van der Waals surface area contributed by atoms with Gasteiger partial charge in [0.2, 0.25) is 0 Å². The van der Waals surface area contributed by atoms with Crippen molar-refractivity contribution in [2.24, 2.45) is 0 Å². The first-order valence-corrected chi connectivity index (χ1v) is 9.16. The van der Waals surface area contributed by atoms with Crippen molar-refractivity contribution in [3.05, 3.63) is 53.9 Å². The lowest BCUT2D eigenvalue weighted by Crippen LogP contribution is -2.32. The number of aryl methyl sites for hydroxylation is 2. The normalized spacial score (nSPS) is 13.3. The third-order valence-corrected chi connectivity index (χ3v) is 5.68. The molecule has 4 aromatic rings. The Balaban J connectivity index is 2.04. The Morgan fingerprint density at radius 2 is 1.67 bits per heavy atom. The number of ether oxygens (including phenoxy) is 2. The number of carbonyl (C=O) groups is 1. The third-order valence-electron chi connectivity index (χ3n) is 5.68. The number of nitrogens with zero attached hydrogens (tertiary/aromatic N) is 1. The van der Waals surface area contributed by atoms with Gasteiger partial charge in [0, 0.05) is 24.3 Å². The molecule has 0 unspecified atom stereocenters. The maximum atomic E-state index is 11.6. The molecular weight excluding hydrogens is 338 g/mol. The molecule has 4 heteroatoms. The summed E-state index contributed by atoms with van der Waals surface area (Å²) < 4.78 is 13.3. The van der Waals surface area contributed by atoms with Gasteiger partial charge in [-0.3, -0.25) is 4.79 Å². The number of hydrogen-bond donors (Lipinski definition) is 0. The highest BCUT2D eigenvalue weighted by Crippen LogP contribution is 2.39. The molecule has 0 spiro atoms. The first-order chi connectivity index (χ1) is 13.2. The van der Waals surface area contributed by atoms with Gasteiger partial charge in [0.25, 0.3) is 0 Å². The monoisotopic (exact) mass is 358 g/mol. The fraction of sp³-hybridized carbons (Fsp3) is 0.217.